The Morgan fingerprint density at radius 3 is 2.74 bits per heavy atom. The van der Waals surface area contributed by atoms with E-state index in [4.69, 9.17) is 9.47 Å². The molecule has 0 aliphatic carbocycles. The van der Waals surface area contributed by atoms with Crippen LogP contribution >= 0.6 is 0 Å². The van der Waals surface area contributed by atoms with Crippen molar-refractivity contribution in [3.8, 4) is 17.7 Å². The third kappa shape index (κ3) is 6.88. The molecule has 3 heterocycles. The quantitative estimate of drug-likeness (QED) is 0.164. The highest BCUT2D eigenvalue weighted by molar-refractivity contribution is 5.88. The molecule has 1 fully saturated rings. The molecule has 1 saturated heterocycles. The van der Waals surface area contributed by atoms with E-state index in [0.717, 1.165) is 6.07 Å². The van der Waals surface area contributed by atoms with Gasteiger partial charge in [-0.05, 0) is 12.1 Å². The number of imidazole rings is 1. The minimum absolute atomic E-state index is 0.0798. The van der Waals surface area contributed by atoms with Crippen molar-refractivity contribution in [1.82, 2.24) is 24.8 Å². The molecular formula is C24H22F3N7O8. The number of hydrogen-bond donors (Lipinski definition) is 4. The van der Waals surface area contributed by atoms with Gasteiger partial charge in [-0.25, -0.2) is 4.98 Å². The molecule has 0 bridgehead atoms. The van der Waals surface area contributed by atoms with Gasteiger partial charge >= 0.3 is 12.1 Å². The number of rotatable bonds is 8. The lowest BCUT2D eigenvalue weighted by Gasteiger charge is -2.14. The first kappa shape index (κ1) is 30.1. The summed E-state index contributed by atoms with van der Waals surface area (Å²) in [5.41, 5.74) is 0.0272. The zero-order valence-electron chi connectivity index (χ0n) is 21.6. The van der Waals surface area contributed by atoms with Crippen molar-refractivity contribution in [3.05, 3.63) is 45.8 Å². The molecule has 222 valence electrons. The fraction of sp³-hybridized carbons (Fsp3) is 0.375. The van der Waals surface area contributed by atoms with Gasteiger partial charge in [0, 0.05) is 25.0 Å². The highest BCUT2D eigenvalue weighted by Crippen LogP contribution is 2.33. The minimum Gasteiger partial charge on any atom is -0.471 e. The van der Waals surface area contributed by atoms with Crippen molar-refractivity contribution in [2.45, 2.75) is 44.6 Å². The van der Waals surface area contributed by atoms with E-state index in [1.165, 1.54) is 30.0 Å². The monoisotopic (exact) mass is 593 g/mol. The maximum atomic E-state index is 12.3. The van der Waals surface area contributed by atoms with Crippen molar-refractivity contribution in [3.63, 3.8) is 0 Å². The van der Waals surface area contributed by atoms with Gasteiger partial charge in [0.2, 0.25) is 17.7 Å². The number of nitrogens with one attached hydrogen (secondary N) is 2. The molecule has 2 amide bonds. The van der Waals surface area contributed by atoms with Crippen molar-refractivity contribution in [2.24, 2.45) is 0 Å². The second-order valence-corrected chi connectivity index (χ2v) is 8.84. The molecule has 42 heavy (non-hydrogen) atoms. The number of anilines is 1. The molecule has 0 radical (unpaired) electrons. The number of nitrogens with zero attached hydrogens (tertiary/aromatic N) is 5. The second-order valence-electron chi connectivity index (χ2n) is 8.84. The molecule has 0 saturated carbocycles. The molecule has 3 aromatic rings. The minimum atomic E-state index is -5.06. The predicted octanol–water partition coefficient (Wildman–Crippen LogP) is 0.943. The van der Waals surface area contributed by atoms with Gasteiger partial charge in [-0.1, -0.05) is 11.8 Å². The van der Waals surface area contributed by atoms with E-state index in [-0.39, 0.29) is 40.5 Å². The highest BCUT2D eigenvalue weighted by Gasteiger charge is 2.38. The zero-order valence-corrected chi connectivity index (χ0v) is 21.6. The number of aliphatic hydroxyl groups is 2. The van der Waals surface area contributed by atoms with E-state index in [2.05, 4.69) is 32.1 Å². The van der Waals surface area contributed by atoms with E-state index < -0.39 is 66.8 Å². The number of ether oxygens (including phenoxy) is 2. The molecule has 18 heteroatoms. The van der Waals surface area contributed by atoms with Crippen molar-refractivity contribution < 1.29 is 47.4 Å². The van der Waals surface area contributed by atoms with Crippen LogP contribution in [0.4, 0.5) is 24.8 Å². The van der Waals surface area contributed by atoms with Crippen LogP contribution in [0.2, 0.25) is 0 Å². The molecule has 0 spiro atoms. The molecule has 15 nitrogen and oxygen atoms in total. The number of carbonyl (C=O) groups excluding carboxylic acids is 2. The molecule has 1 aliphatic rings. The number of aromatic nitrogens is 4. The maximum Gasteiger partial charge on any atom is 0.471 e. The fourth-order valence-electron chi connectivity index (χ4n) is 3.92. The van der Waals surface area contributed by atoms with Crippen molar-refractivity contribution in [2.75, 3.05) is 18.5 Å². The smallest absolute Gasteiger partial charge is 0.471 e. The van der Waals surface area contributed by atoms with Crippen LogP contribution in [0.3, 0.4) is 0 Å². The number of nitro groups is 1. The number of alkyl halides is 3. The Hall–Kier alpha value is -4.86. The Labute approximate surface area is 233 Å². The summed E-state index contributed by atoms with van der Waals surface area (Å²) in [5, 5.41) is 35.2. The topological polar surface area (TPSA) is 204 Å². The fourth-order valence-corrected chi connectivity index (χ4v) is 3.92. The maximum absolute atomic E-state index is 12.3. The summed E-state index contributed by atoms with van der Waals surface area (Å²) in [7, 11) is 0. The predicted molar refractivity (Wildman–Crippen MR) is 135 cm³/mol. The number of carbonyl (C=O) groups is 2. The lowest BCUT2D eigenvalue weighted by atomic mass is 10.1. The van der Waals surface area contributed by atoms with E-state index in [1.54, 1.807) is 5.32 Å². The van der Waals surface area contributed by atoms with Crippen LogP contribution in [0, 0.1) is 22.0 Å². The molecule has 4 N–H and O–H groups in total. The van der Waals surface area contributed by atoms with Gasteiger partial charge in [0.1, 0.15) is 18.9 Å². The molecule has 1 aliphatic heterocycles. The Morgan fingerprint density at radius 1 is 1.33 bits per heavy atom. The number of benzene rings is 1. The van der Waals surface area contributed by atoms with E-state index in [9.17, 15) is 43.1 Å². The number of aliphatic hydroxyl groups excluding tert-OH is 2. The van der Waals surface area contributed by atoms with E-state index in [0.29, 0.717) is 0 Å². The Morgan fingerprint density at radius 2 is 2.10 bits per heavy atom. The first-order valence-electron chi connectivity index (χ1n) is 12.1. The first-order valence-corrected chi connectivity index (χ1v) is 12.1. The Kier molecular flexibility index (Phi) is 8.84. The van der Waals surface area contributed by atoms with Crippen LogP contribution in [0.5, 0.6) is 5.88 Å². The van der Waals surface area contributed by atoms with E-state index >= 15 is 0 Å². The van der Waals surface area contributed by atoms with Crippen LogP contribution < -0.4 is 15.4 Å². The zero-order chi connectivity index (χ0) is 30.6. The number of fused-ring (bicyclic) bond motifs is 1. The molecule has 0 unspecified atom stereocenters. The normalized spacial score (nSPS) is 18.3. The average molecular weight is 593 g/mol. The average Bonchev–Trinajstić information content (AvgIpc) is 3.51. The number of hydrogen-bond acceptors (Lipinski definition) is 11. The van der Waals surface area contributed by atoms with Gasteiger partial charge in [0.15, 0.2) is 11.2 Å². The Balaban J connectivity index is 1.57. The SMILES string of the molecule is CC(=O)Nc1nc(OCc2ccc(C#CCNC(=O)C(F)(F)F)cc2[N+](=O)[O-])c2ncn([C@H]3C[C@@H](O)[C@@H](CO)O3)c2n1. The summed E-state index contributed by atoms with van der Waals surface area (Å²) >= 11 is 0. The first-order chi connectivity index (χ1) is 19.9. The van der Waals surface area contributed by atoms with Gasteiger partial charge in [-0.15, -0.1) is 0 Å². The van der Waals surface area contributed by atoms with Crippen molar-refractivity contribution >= 4 is 34.6 Å². The summed E-state index contributed by atoms with van der Waals surface area (Å²) in [6.45, 7) is -0.209. The van der Waals surface area contributed by atoms with Gasteiger partial charge < -0.3 is 25.0 Å². The summed E-state index contributed by atoms with van der Waals surface area (Å²) < 4.78 is 49.6. The van der Waals surface area contributed by atoms with Crippen LogP contribution in [0.25, 0.3) is 11.2 Å². The number of amides is 2. The number of halogens is 3. The second kappa shape index (κ2) is 12.3. The van der Waals surface area contributed by atoms with E-state index in [1.807, 2.05) is 0 Å². The lowest BCUT2D eigenvalue weighted by Crippen LogP contribution is -2.36. The third-order valence-electron chi connectivity index (χ3n) is 5.85. The largest absolute Gasteiger partial charge is 0.471 e. The van der Waals surface area contributed by atoms with Crippen LogP contribution in [-0.2, 0) is 20.9 Å². The molecule has 3 atom stereocenters. The summed E-state index contributed by atoms with van der Waals surface area (Å²) in [6, 6.07) is 3.78. The highest BCUT2D eigenvalue weighted by atomic mass is 19.4. The van der Waals surface area contributed by atoms with Crippen LogP contribution in [0.15, 0.2) is 24.5 Å². The summed E-state index contributed by atoms with van der Waals surface area (Å²) in [6.07, 6.45) is -6.14. The van der Waals surface area contributed by atoms with Crippen LogP contribution in [-0.4, -0.2) is 78.0 Å². The van der Waals surface area contributed by atoms with Gasteiger partial charge in [0.25, 0.3) is 5.69 Å². The molecule has 2 aromatic heterocycles. The van der Waals surface area contributed by atoms with Gasteiger partial charge in [-0.3, -0.25) is 29.6 Å². The van der Waals surface area contributed by atoms with Crippen molar-refractivity contribution in [1.29, 1.82) is 0 Å². The third-order valence-corrected chi connectivity index (χ3v) is 5.85. The standard InChI is InChI=1S/C24H22F3N7O8/c1-12(36)30-23-31-20-19(29-11-33(20)18-8-16(37)17(9-35)42-18)21(32-23)41-10-14-5-4-13(7-15(14)34(39)40)3-2-6-28-22(38)24(25,26)27/h4-5,7,11,16-18,35,37H,6,8-10H2,1H3,(H,28,38)(H,30,31,32,36)/t16-,17-,18-/m1/s1. The molecule has 4 rings (SSSR count). The van der Waals surface area contributed by atoms with Gasteiger partial charge in [-0.2, -0.15) is 23.1 Å². The molecular weight excluding hydrogens is 571 g/mol. The summed E-state index contributed by atoms with van der Waals surface area (Å²) in [4.78, 5) is 46.2. The lowest BCUT2D eigenvalue weighted by molar-refractivity contribution is -0.385. The van der Waals surface area contributed by atoms with Gasteiger partial charge in [0.05, 0.1) is 36.1 Å². The Bertz CT molecular complexity index is 1580. The summed E-state index contributed by atoms with van der Waals surface area (Å²) in [5.74, 6) is 1.76. The number of nitro benzene ring substituents is 1. The van der Waals surface area contributed by atoms with Crippen LogP contribution in [0.1, 0.15) is 30.7 Å². The molecule has 1 aromatic carbocycles.